The van der Waals surface area contributed by atoms with Gasteiger partial charge in [-0.25, -0.2) is 14.3 Å². The summed E-state index contributed by atoms with van der Waals surface area (Å²) in [5.74, 6) is -1.02. The van der Waals surface area contributed by atoms with Gasteiger partial charge in [-0.15, -0.1) is 0 Å². The van der Waals surface area contributed by atoms with Crippen molar-refractivity contribution in [2.24, 2.45) is 0 Å². The van der Waals surface area contributed by atoms with Crippen LogP contribution in [-0.4, -0.2) is 113 Å². The van der Waals surface area contributed by atoms with E-state index in [1.807, 2.05) is 32.9 Å². The summed E-state index contributed by atoms with van der Waals surface area (Å²) in [5.41, 5.74) is 0.466. The number of hydrogen-bond donors (Lipinski definition) is 2. The van der Waals surface area contributed by atoms with E-state index >= 15 is 0 Å². The number of rotatable bonds is 9. The van der Waals surface area contributed by atoms with Crippen LogP contribution in [0.25, 0.3) is 10.8 Å². The van der Waals surface area contributed by atoms with Crippen molar-refractivity contribution in [3.8, 4) is 0 Å². The first-order valence-corrected chi connectivity index (χ1v) is 17.5. The maximum Gasteiger partial charge on any atom is 0.407 e. The molecule has 0 spiro atoms. The Labute approximate surface area is 300 Å². The quantitative estimate of drug-likeness (QED) is 0.297. The number of carbonyl (C=O) groups is 3. The third-order valence-corrected chi connectivity index (χ3v) is 8.34. The molecule has 5 rings (SSSR count). The van der Waals surface area contributed by atoms with Crippen molar-refractivity contribution in [3.63, 3.8) is 0 Å². The Bertz CT molecular complexity index is 1660. The number of likely N-dealkylation sites (tertiary alicyclic amines) is 1. The third-order valence-electron chi connectivity index (χ3n) is 8.34. The van der Waals surface area contributed by atoms with Crippen LogP contribution in [0.5, 0.6) is 0 Å². The van der Waals surface area contributed by atoms with Crippen LogP contribution in [0.4, 0.5) is 9.18 Å². The number of halogens is 1. The van der Waals surface area contributed by atoms with Crippen LogP contribution < -0.4 is 10.9 Å². The number of ether oxygens (including phenoxy) is 2. The lowest BCUT2D eigenvalue weighted by molar-refractivity contribution is -0.134. The van der Waals surface area contributed by atoms with Gasteiger partial charge in [-0.1, -0.05) is 52.0 Å². The summed E-state index contributed by atoms with van der Waals surface area (Å²) in [6.45, 7) is 13.6. The molecule has 0 bridgehead atoms. The van der Waals surface area contributed by atoms with Gasteiger partial charge in [0.25, 0.3) is 11.5 Å². The minimum atomic E-state index is -0.608. The number of piperidine rings is 1. The monoisotopic (exact) mass is 710 g/mol. The zero-order valence-corrected chi connectivity index (χ0v) is 29.9. The molecule has 3 amide bonds. The number of nitrogens with zero attached hydrogens (tertiary/aromatic N) is 4. The molecular weight excluding hydrogens is 655 g/mol. The molecule has 2 aliphatic heterocycles. The highest BCUT2D eigenvalue weighted by molar-refractivity contribution is 5.95. The van der Waals surface area contributed by atoms with Gasteiger partial charge < -0.3 is 24.6 Å². The van der Waals surface area contributed by atoms with Crippen LogP contribution >= 0.6 is 0 Å². The van der Waals surface area contributed by atoms with Crippen molar-refractivity contribution in [2.45, 2.75) is 79.4 Å². The molecule has 51 heavy (non-hydrogen) atoms. The van der Waals surface area contributed by atoms with E-state index in [9.17, 15) is 23.6 Å². The first-order valence-electron chi connectivity index (χ1n) is 17.5. The number of nitrogens with one attached hydrogen (secondary N) is 2. The summed E-state index contributed by atoms with van der Waals surface area (Å²) in [6, 6.07) is 11.6. The fourth-order valence-corrected chi connectivity index (χ4v) is 5.89. The first kappa shape index (κ1) is 41.1. The fourth-order valence-electron chi connectivity index (χ4n) is 5.89. The second kappa shape index (κ2) is 19.3. The molecule has 0 radical (unpaired) electrons. The molecule has 0 atom stereocenters. The summed E-state index contributed by atoms with van der Waals surface area (Å²) >= 11 is 0. The number of aromatic amines is 1. The first-order chi connectivity index (χ1) is 23.9. The Morgan fingerprint density at radius 1 is 0.961 bits per heavy atom. The number of alkyl carbamates (subject to hydrolysis) is 1. The average Bonchev–Trinajstić information content (AvgIpc) is 3.09. The highest BCUT2D eigenvalue weighted by Gasteiger charge is 2.29. The molecule has 12 nitrogen and oxygen atoms in total. The van der Waals surface area contributed by atoms with E-state index in [1.165, 1.54) is 12.5 Å². The Balaban J connectivity index is 0.00000169. The van der Waals surface area contributed by atoms with Gasteiger partial charge in [0.1, 0.15) is 11.4 Å². The summed E-state index contributed by atoms with van der Waals surface area (Å²) in [6.07, 6.45) is 2.76. The second-order valence-corrected chi connectivity index (χ2v) is 13.7. The normalized spacial score (nSPS) is 15.4. The molecule has 2 N–H and O–H groups in total. The lowest BCUT2D eigenvalue weighted by Crippen LogP contribution is -2.53. The highest BCUT2D eigenvalue weighted by Crippen LogP contribution is 2.20. The van der Waals surface area contributed by atoms with Gasteiger partial charge in [0.05, 0.1) is 35.9 Å². The van der Waals surface area contributed by atoms with Gasteiger partial charge in [0.2, 0.25) is 5.91 Å². The predicted molar refractivity (Wildman–Crippen MR) is 196 cm³/mol. The van der Waals surface area contributed by atoms with Gasteiger partial charge in [0.15, 0.2) is 0 Å². The van der Waals surface area contributed by atoms with Gasteiger partial charge in [-0.3, -0.25) is 19.3 Å². The molecule has 2 fully saturated rings. The smallest absolute Gasteiger partial charge is 0.407 e. The Morgan fingerprint density at radius 2 is 1.59 bits per heavy atom. The van der Waals surface area contributed by atoms with Crippen LogP contribution in [-0.2, 0) is 20.7 Å². The minimum absolute atomic E-state index is 0. The molecule has 3 aromatic rings. The largest absolute Gasteiger partial charge is 0.444 e. The molecule has 280 valence electrons. The maximum absolute atomic E-state index is 14.9. The second-order valence-electron chi connectivity index (χ2n) is 13.7. The maximum atomic E-state index is 14.9. The number of amides is 3. The lowest BCUT2D eigenvalue weighted by Gasteiger charge is -2.37. The van der Waals surface area contributed by atoms with E-state index in [2.05, 4.69) is 34.3 Å². The zero-order valence-electron chi connectivity index (χ0n) is 29.9. The molecule has 0 saturated carbocycles. The summed E-state index contributed by atoms with van der Waals surface area (Å²) in [7, 11) is 0. The molecular formula is C38H55FN6O6. The molecule has 0 unspecified atom stereocenters. The van der Waals surface area contributed by atoms with Crippen molar-refractivity contribution < 1.29 is 28.2 Å². The van der Waals surface area contributed by atoms with E-state index in [0.717, 1.165) is 25.9 Å². The Morgan fingerprint density at radius 3 is 2.24 bits per heavy atom. The van der Waals surface area contributed by atoms with Crippen molar-refractivity contribution in [1.82, 2.24) is 30.2 Å². The highest BCUT2D eigenvalue weighted by atomic mass is 19.1. The van der Waals surface area contributed by atoms with Crippen LogP contribution in [0.15, 0.2) is 47.3 Å². The summed E-state index contributed by atoms with van der Waals surface area (Å²) in [4.78, 5) is 55.8. The molecule has 2 aliphatic rings. The van der Waals surface area contributed by atoms with Gasteiger partial charge in [-0.2, -0.15) is 5.10 Å². The van der Waals surface area contributed by atoms with Gasteiger partial charge in [0, 0.05) is 57.6 Å². The van der Waals surface area contributed by atoms with Crippen molar-refractivity contribution >= 4 is 28.7 Å². The van der Waals surface area contributed by atoms with Crippen LogP contribution in [0.2, 0.25) is 0 Å². The Hall–Kier alpha value is -4.36. The number of carbonyl (C=O) groups excluding carboxylic acids is 3. The van der Waals surface area contributed by atoms with E-state index in [1.54, 1.807) is 34.1 Å². The lowest BCUT2D eigenvalue weighted by atomic mass is 10.0. The van der Waals surface area contributed by atoms with Crippen molar-refractivity contribution in [2.75, 3.05) is 59.0 Å². The molecule has 2 aromatic carbocycles. The SMILES string of the molecule is C.CC(C)(C)OC(=O)NCCOC1CCN(CC(=O)N2CCN(C(=O)c3cc(Cc4n[nH]c(=O)c5ccccc45)ccc3F)CC2)CC1.CCC. The number of piperazine rings is 1. The van der Waals surface area contributed by atoms with E-state index in [0.29, 0.717) is 74.3 Å². The molecule has 1 aromatic heterocycles. The summed E-state index contributed by atoms with van der Waals surface area (Å²) < 4.78 is 26.0. The zero-order chi connectivity index (χ0) is 36.3. The average molecular weight is 711 g/mol. The fraction of sp³-hybridized carbons (Fsp3) is 0.553. The molecule has 13 heteroatoms. The number of hydrogen-bond acceptors (Lipinski definition) is 8. The van der Waals surface area contributed by atoms with E-state index in [-0.39, 0.29) is 30.6 Å². The standard InChI is InChI=1S/C34H43FN6O6.C3H8.CH4/c1-34(2,3)47-33(45)36-12-19-46-24-10-13-39(14-11-24)22-30(42)40-15-17-41(18-16-40)32(44)27-20-23(8-9-28(27)35)21-29-25-6-4-5-7-26(25)31(43)38-37-29;1-3-2;/h4-9,20,24H,10-19,21-22H2,1-3H3,(H,36,45)(H,38,43);3H2,1-2H3;1H4. The van der Waals surface area contributed by atoms with Gasteiger partial charge in [-0.05, 0) is 57.4 Å². The molecule has 0 aliphatic carbocycles. The van der Waals surface area contributed by atoms with E-state index in [4.69, 9.17) is 9.47 Å². The van der Waals surface area contributed by atoms with Crippen molar-refractivity contribution in [1.29, 1.82) is 0 Å². The molecule has 2 saturated heterocycles. The van der Waals surface area contributed by atoms with Crippen LogP contribution in [0, 0.1) is 5.82 Å². The topological polar surface area (TPSA) is 137 Å². The third kappa shape index (κ3) is 12.1. The number of fused-ring (bicyclic) bond motifs is 1. The number of aromatic nitrogens is 2. The Kier molecular flexibility index (Phi) is 15.5. The number of benzene rings is 2. The van der Waals surface area contributed by atoms with Crippen LogP contribution in [0.1, 0.15) is 82.9 Å². The summed E-state index contributed by atoms with van der Waals surface area (Å²) in [5, 5.41) is 10.6. The van der Waals surface area contributed by atoms with Gasteiger partial charge >= 0.3 is 6.09 Å². The van der Waals surface area contributed by atoms with Crippen molar-refractivity contribution in [3.05, 3.63) is 75.5 Å². The predicted octanol–water partition coefficient (Wildman–Crippen LogP) is 5.00. The van der Waals surface area contributed by atoms with E-state index < -0.39 is 23.4 Å². The minimum Gasteiger partial charge on any atom is -0.444 e. The number of H-pyrrole nitrogens is 1. The van der Waals surface area contributed by atoms with Crippen LogP contribution in [0.3, 0.4) is 0 Å². The molecule has 3 heterocycles.